The molecule has 1 aliphatic carbocycles. The number of aromatic amines is 1. The van der Waals surface area contributed by atoms with Crippen LogP contribution in [0.3, 0.4) is 0 Å². The van der Waals surface area contributed by atoms with E-state index in [0.717, 1.165) is 59.8 Å². The van der Waals surface area contributed by atoms with E-state index in [1.165, 1.54) is 24.3 Å². The molecule has 1 aromatic heterocycles. The Hall–Kier alpha value is -2.20. The minimum Gasteiger partial charge on any atom is -0.358 e. The smallest absolute Gasteiger partial charge is 0.240 e. The van der Waals surface area contributed by atoms with Gasteiger partial charge in [-0.3, -0.25) is 0 Å². The average Bonchev–Trinajstić information content (AvgIpc) is 3.06. The summed E-state index contributed by atoms with van der Waals surface area (Å²) in [5.74, 6) is 0. The molecule has 0 bridgehead atoms. The van der Waals surface area contributed by atoms with Gasteiger partial charge in [0, 0.05) is 29.2 Å². The first-order chi connectivity index (χ1) is 15.2. The molecule has 0 atom stereocenters. The highest BCUT2D eigenvalue weighted by molar-refractivity contribution is 7.90. The lowest BCUT2D eigenvalue weighted by Crippen LogP contribution is -2.36. The first-order valence-electron chi connectivity index (χ1n) is 10.9. The van der Waals surface area contributed by atoms with E-state index in [4.69, 9.17) is 0 Å². The Bertz CT molecular complexity index is 1320. The molecule has 0 aliphatic heterocycles. The van der Waals surface area contributed by atoms with Crippen LogP contribution in [0.2, 0.25) is 0 Å². The first-order valence-corrected chi connectivity index (χ1v) is 13.8. The molecule has 1 fully saturated rings. The van der Waals surface area contributed by atoms with Crippen molar-refractivity contribution in [2.24, 2.45) is 0 Å². The molecular formula is C23H29N3O4S2. The molecule has 1 heterocycles. The zero-order valence-corrected chi connectivity index (χ0v) is 19.9. The molecule has 7 nitrogen and oxygen atoms in total. The van der Waals surface area contributed by atoms with Gasteiger partial charge >= 0.3 is 0 Å². The fourth-order valence-electron chi connectivity index (χ4n) is 4.19. The summed E-state index contributed by atoms with van der Waals surface area (Å²) >= 11 is 0. The number of nitrogens with one attached hydrogen (secondary N) is 3. The van der Waals surface area contributed by atoms with Crippen molar-refractivity contribution in [1.82, 2.24) is 14.4 Å². The van der Waals surface area contributed by atoms with Crippen molar-refractivity contribution >= 4 is 30.9 Å². The van der Waals surface area contributed by atoms with Gasteiger partial charge in [0.2, 0.25) is 20.0 Å². The summed E-state index contributed by atoms with van der Waals surface area (Å²) in [6.07, 6.45) is 4.85. The van der Waals surface area contributed by atoms with E-state index in [1.54, 1.807) is 0 Å². The Labute approximate surface area is 189 Å². The minimum absolute atomic E-state index is 0.0314. The van der Waals surface area contributed by atoms with Crippen molar-refractivity contribution in [3.8, 4) is 0 Å². The molecule has 2 aromatic carbocycles. The molecule has 0 radical (unpaired) electrons. The third kappa shape index (κ3) is 4.91. The maximum absolute atomic E-state index is 12.7. The summed E-state index contributed by atoms with van der Waals surface area (Å²) in [7, 11) is -7.45. The van der Waals surface area contributed by atoms with E-state index in [2.05, 4.69) is 14.4 Å². The van der Waals surface area contributed by atoms with Crippen molar-refractivity contribution in [1.29, 1.82) is 0 Å². The highest BCUT2D eigenvalue weighted by Crippen LogP contribution is 2.23. The summed E-state index contributed by atoms with van der Waals surface area (Å²) in [6, 6.07) is 11.1. The number of H-pyrrole nitrogens is 1. The van der Waals surface area contributed by atoms with Gasteiger partial charge in [0.15, 0.2) is 0 Å². The maximum atomic E-state index is 12.7. The van der Waals surface area contributed by atoms with Gasteiger partial charge in [-0.05, 0) is 74.2 Å². The highest BCUT2D eigenvalue weighted by Gasteiger charge is 2.23. The molecule has 32 heavy (non-hydrogen) atoms. The van der Waals surface area contributed by atoms with Gasteiger partial charge in [0.05, 0.1) is 9.79 Å². The summed E-state index contributed by atoms with van der Waals surface area (Å²) in [6.45, 7) is 4.18. The standard InChI is InChI=1S/C23H29N3O4S2/c1-16-17(2)25-23-13-8-18(14-22(16)23)15-24-31(27,28)20-9-11-21(12-10-20)32(29,30)26-19-6-4-3-5-7-19/h8-14,19,24-26H,3-7,15H2,1-2H3. The Morgan fingerprint density at radius 3 is 2.16 bits per heavy atom. The van der Waals surface area contributed by atoms with Crippen molar-refractivity contribution in [2.45, 2.75) is 68.3 Å². The maximum Gasteiger partial charge on any atom is 0.240 e. The number of hydrogen-bond donors (Lipinski definition) is 3. The summed E-state index contributed by atoms with van der Waals surface area (Å²) < 4.78 is 56.1. The number of aryl methyl sites for hydroxylation is 2. The van der Waals surface area contributed by atoms with Crippen LogP contribution in [0.1, 0.15) is 48.9 Å². The number of aromatic nitrogens is 1. The van der Waals surface area contributed by atoms with E-state index in [0.29, 0.717) is 0 Å². The van der Waals surface area contributed by atoms with E-state index in [-0.39, 0.29) is 22.4 Å². The van der Waals surface area contributed by atoms with Crippen LogP contribution in [-0.4, -0.2) is 27.9 Å². The van der Waals surface area contributed by atoms with Crippen LogP contribution in [0, 0.1) is 13.8 Å². The van der Waals surface area contributed by atoms with Crippen molar-refractivity contribution < 1.29 is 16.8 Å². The van der Waals surface area contributed by atoms with Crippen molar-refractivity contribution in [3.63, 3.8) is 0 Å². The van der Waals surface area contributed by atoms with Gasteiger partial charge in [-0.2, -0.15) is 0 Å². The van der Waals surface area contributed by atoms with Crippen LogP contribution in [0.5, 0.6) is 0 Å². The minimum atomic E-state index is -3.78. The van der Waals surface area contributed by atoms with E-state index in [9.17, 15) is 16.8 Å². The molecule has 9 heteroatoms. The SMILES string of the molecule is Cc1[nH]c2ccc(CNS(=O)(=O)c3ccc(S(=O)(=O)NC4CCCCC4)cc3)cc2c1C. The fraction of sp³-hybridized carbons (Fsp3) is 0.391. The lowest BCUT2D eigenvalue weighted by molar-refractivity contribution is 0.412. The van der Waals surface area contributed by atoms with Crippen LogP contribution in [0.15, 0.2) is 52.3 Å². The third-order valence-corrected chi connectivity index (χ3v) is 9.16. The monoisotopic (exact) mass is 475 g/mol. The Morgan fingerprint density at radius 2 is 1.50 bits per heavy atom. The largest absolute Gasteiger partial charge is 0.358 e. The van der Waals surface area contributed by atoms with Crippen LogP contribution >= 0.6 is 0 Å². The lowest BCUT2D eigenvalue weighted by atomic mass is 9.96. The van der Waals surface area contributed by atoms with Gasteiger partial charge in [0.1, 0.15) is 0 Å². The number of fused-ring (bicyclic) bond motifs is 1. The average molecular weight is 476 g/mol. The van der Waals surface area contributed by atoms with Crippen LogP contribution < -0.4 is 9.44 Å². The number of benzene rings is 2. The predicted octanol–water partition coefficient (Wildman–Crippen LogP) is 3.87. The zero-order valence-electron chi connectivity index (χ0n) is 18.3. The molecule has 1 aliphatic rings. The van der Waals surface area contributed by atoms with Gasteiger partial charge in [-0.15, -0.1) is 0 Å². The number of sulfonamides is 2. The Morgan fingerprint density at radius 1 is 0.875 bits per heavy atom. The van der Waals surface area contributed by atoms with Crippen LogP contribution in [0.4, 0.5) is 0 Å². The van der Waals surface area contributed by atoms with Crippen molar-refractivity contribution in [2.75, 3.05) is 0 Å². The molecule has 0 amide bonds. The lowest BCUT2D eigenvalue weighted by Gasteiger charge is -2.22. The molecule has 0 saturated heterocycles. The summed E-state index contributed by atoms with van der Waals surface area (Å²) in [5.41, 5.74) is 4.10. The number of hydrogen-bond acceptors (Lipinski definition) is 4. The molecule has 0 unspecified atom stereocenters. The number of rotatable bonds is 7. The molecule has 1 saturated carbocycles. The second-order valence-corrected chi connectivity index (χ2v) is 12.0. The fourth-order valence-corrected chi connectivity index (χ4v) is 6.51. The topological polar surface area (TPSA) is 108 Å². The van der Waals surface area contributed by atoms with Crippen LogP contribution in [-0.2, 0) is 26.6 Å². The molecule has 172 valence electrons. The predicted molar refractivity (Wildman–Crippen MR) is 125 cm³/mol. The van der Waals surface area contributed by atoms with E-state index >= 15 is 0 Å². The second kappa shape index (κ2) is 8.97. The van der Waals surface area contributed by atoms with E-state index < -0.39 is 20.0 Å². The summed E-state index contributed by atoms with van der Waals surface area (Å²) in [4.78, 5) is 3.41. The molecule has 0 spiro atoms. The molecule has 3 N–H and O–H groups in total. The highest BCUT2D eigenvalue weighted by atomic mass is 32.2. The molecule has 3 aromatic rings. The molecular weight excluding hydrogens is 446 g/mol. The Kier molecular flexibility index (Phi) is 6.44. The second-order valence-electron chi connectivity index (χ2n) is 8.51. The van der Waals surface area contributed by atoms with Gasteiger partial charge in [-0.25, -0.2) is 26.3 Å². The first kappa shape index (κ1) is 23.0. The van der Waals surface area contributed by atoms with Gasteiger partial charge in [-0.1, -0.05) is 25.3 Å². The normalized spacial score (nSPS) is 15.9. The Balaban J connectivity index is 1.45. The van der Waals surface area contributed by atoms with Crippen LogP contribution in [0.25, 0.3) is 10.9 Å². The third-order valence-electron chi connectivity index (χ3n) is 6.21. The zero-order chi connectivity index (χ0) is 22.9. The van der Waals surface area contributed by atoms with Gasteiger partial charge < -0.3 is 4.98 Å². The quantitative estimate of drug-likeness (QED) is 0.482. The summed E-state index contributed by atoms with van der Waals surface area (Å²) in [5, 5.41) is 1.07. The van der Waals surface area contributed by atoms with Gasteiger partial charge in [0.25, 0.3) is 0 Å². The van der Waals surface area contributed by atoms with Crippen molar-refractivity contribution in [3.05, 3.63) is 59.3 Å². The molecule has 4 rings (SSSR count). The van der Waals surface area contributed by atoms with E-state index in [1.807, 2.05) is 32.0 Å².